The van der Waals surface area contributed by atoms with Crippen LogP contribution in [0.1, 0.15) is 43.6 Å². The molecule has 2 aromatic carbocycles. The molecule has 0 saturated heterocycles. The molecule has 0 fully saturated rings. The first kappa shape index (κ1) is 25.0. The van der Waals surface area contributed by atoms with Crippen LogP contribution in [-0.4, -0.2) is 42.2 Å². The fraction of sp³-hybridized carbons (Fsp3) is 0.375. The van der Waals surface area contributed by atoms with Crippen molar-refractivity contribution in [1.29, 1.82) is 0 Å². The number of alkyl carbamates (subject to hydrolysis) is 1. The largest absolute Gasteiger partial charge is 0.456 e. The van der Waals surface area contributed by atoms with Gasteiger partial charge in [0.1, 0.15) is 11.4 Å². The number of halogens is 1. The van der Waals surface area contributed by atoms with Crippen LogP contribution in [0.15, 0.2) is 54.6 Å². The van der Waals surface area contributed by atoms with E-state index in [9.17, 15) is 18.8 Å². The summed E-state index contributed by atoms with van der Waals surface area (Å²) in [6, 6.07) is 13.0. The molecule has 0 heterocycles. The number of hydrogen-bond donors (Lipinski definition) is 1. The van der Waals surface area contributed by atoms with Crippen molar-refractivity contribution in [3.63, 3.8) is 0 Å². The van der Waals surface area contributed by atoms with E-state index in [2.05, 4.69) is 5.32 Å². The lowest BCUT2D eigenvalue weighted by Crippen LogP contribution is -2.51. The number of esters is 1. The molecule has 0 unspecified atom stereocenters. The Balaban J connectivity index is 2.03. The number of ketones is 1. The molecule has 7 nitrogen and oxygen atoms in total. The lowest BCUT2D eigenvalue weighted by atomic mass is 10.1. The predicted molar refractivity (Wildman–Crippen MR) is 116 cm³/mol. The Morgan fingerprint density at radius 3 is 2.22 bits per heavy atom. The molecule has 172 valence electrons. The second-order valence-corrected chi connectivity index (χ2v) is 8.16. The van der Waals surface area contributed by atoms with Crippen molar-refractivity contribution >= 4 is 17.8 Å². The van der Waals surface area contributed by atoms with E-state index < -0.39 is 48.0 Å². The molecule has 0 aromatic heterocycles. The highest BCUT2D eigenvalue weighted by atomic mass is 19.1. The molecule has 1 amide bonds. The van der Waals surface area contributed by atoms with Crippen molar-refractivity contribution in [3.05, 3.63) is 71.5 Å². The van der Waals surface area contributed by atoms with Crippen LogP contribution in [0.4, 0.5) is 9.18 Å². The minimum atomic E-state index is -1.21. The monoisotopic (exact) mass is 445 g/mol. The number of ether oxygens (including phenoxy) is 3. The van der Waals surface area contributed by atoms with Crippen molar-refractivity contribution in [3.8, 4) is 0 Å². The summed E-state index contributed by atoms with van der Waals surface area (Å²) in [6.45, 7) is 6.32. The molecule has 2 rings (SSSR count). The van der Waals surface area contributed by atoms with Crippen LogP contribution in [0.2, 0.25) is 0 Å². The minimum Gasteiger partial charge on any atom is -0.456 e. The number of rotatable bonds is 9. The highest BCUT2D eigenvalue weighted by molar-refractivity contribution is 5.98. The van der Waals surface area contributed by atoms with Gasteiger partial charge in [0.25, 0.3) is 0 Å². The van der Waals surface area contributed by atoms with Gasteiger partial charge in [-0.15, -0.1) is 0 Å². The average Bonchev–Trinajstić information content (AvgIpc) is 2.74. The first-order valence-corrected chi connectivity index (χ1v) is 10.2. The van der Waals surface area contributed by atoms with E-state index in [0.717, 1.165) is 17.7 Å². The molecule has 2 atom stereocenters. The Bertz CT molecular complexity index is 908. The first-order chi connectivity index (χ1) is 15.0. The standard InChI is InChI=1S/C24H28FNO6/c1-16(30-14-17-8-6-5-7-9-17)21(26-23(29)32-24(2,3)4)22(28)31-15-20(27)18-10-12-19(25)13-11-18/h5-13,16,21H,14-15H2,1-4H3,(H,26,29)/t16-,21+/m0/s1. The Labute approximate surface area is 186 Å². The molecule has 8 heteroatoms. The highest BCUT2D eigenvalue weighted by Gasteiger charge is 2.31. The zero-order valence-corrected chi connectivity index (χ0v) is 18.6. The summed E-state index contributed by atoms with van der Waals surface area (Å²) in [5.41, 5.74) is 0.310. The summed E-state index contributed by atoms with van der Waals surface area (Å²) in [5.74, 6) is -1.84. The van der Waals surface area contributed by atoms with Crippen LogP contribution in [0, 0.1) is 5.82 Å². The quantitative estimate of drug-likeness (QED) is 0.463. The molecule has 0 radical (unpaired) electrons. The van der Waals surface area contributed by atoms with Crippen molar-refractivity contribution in [2.45, 2.75) is 52.0 Å². The lowest BCUT2D eigenvalue weighted by Gasteiger charge is -2.26. The zero-order valence-electron chi connectivity index (χ0n) is 18.6. The van der Waals surface area contributed by atoms with Crippen LogP contribution < -0.4 is 5.32 Å². The summed E-state index contributed by atoms with van der Waals surface area (Å²) in [4.78, 5) is 37.2. The fourth-order valence-corrected chi connectivity index (χ4v) is 2.65. The Morgan fingerprint density at radius 1 is 1.00 bits per heavy atom. The van der Waals surface area contributed by atoms with Crippen LogP contribution in [0.3, 0.4) is 0 Å². The molecule has 2 aromatic rings. The van der Waals surface area contributed by atoms with E-state index in [0.29, 0.717) is 0 Å². The van der Waals surface area contributed by atoms with Gasteiger partial charge in [0, 0.05) is 5.56 Å². The molecule has 0 spiro atoms. The third-order valence-corrected chi connectivity index (χ3v) is 4.26. The predicted octanol–water partition coefficient (Wildman–Crippen LogP) is 4.05. The van der Waals surface area contributed by atoms with Crippen molar-refractivity contribution in [2.24, 2.45) is 0 Å². The van der Waals surface area contributed by atoms with Gasteiger partial charge in [-0.3, -0.25) is 4.79 Å². The number of benzene rings is 2. The Hall–Kier alpha value is -3.26. The maximum Gasteiger partial charge on any atom is 0.408 e. The van der Waals surface area contributed by atoms with Crippen molar-refractivity contribution in [1.82, 2.24) is 5.32 Å². The highest BCUT2D eigenvalue weighted by Crippen LogP contribution is 2.11. The topological polar surface area (TPSA) is 90.9 Å². The van der Waals surface area contributed by atoms with Crippen LogP contribution in [0.25, 0.3) is 0 Å². The molecule has 0 saturated carbocycles. The van der Waals surface area contributed by atoms with Gasteiger partial charge in [0.05, 0.1) is 12.7 Å². The van der Waals surface area contributed by atoms with Crippen LogP contribution in [0.5, 0.6) is 0 Å². The second-order valence-electron chi connectivity index (χ2n) is 8.16. The summed E-state index contributed by atoms with van der Waals surface area (Å²) < 4.78 is 29.1. The summed E-state index contributed by atoms with van der Waals surface area (Å²) >= 11 is 0. The van der Waals surface area contributed by atoms with Gasteiger partial charge in [-0.25, -0.2) is 14.0 Å². The van der Waals surface area contributed by atoms with E-state index >= 15 is 0 Å². The maximum atomic E-state index is 13.0. The summed E-state index contributed by atoms with van der Waals surface area (Å²) in [6.07, 6.45) is -1.60. The van der Waals surface area contributed by atoms with Gasteiger partial charge >= 0.3 is 12.1 Å². The van der Waals surface area contributed by atoms with Gasteiger partial charge in [-0.05, 0) is 57.5 Å². The Morgan fingerprint density at radius 2 is 1.62 bits per heavy atom. The smallest absolute Gasteiger partial charge is 0.408 e. The molecular formula is C24H28FNO6. The fourth-order valence-electron chi connectivity index (χ4n) is 2.65. The van der Waals surface area contributed by atoms with Crippen molar-refractivity contribution < 1.29 is 33.0 Å². The average molecular weight is 445 g/mol. The molecular weight excluding hydrogens is 417 g/mol. The number of amides is 1. The van der Waals surface area contributed by atoms with Crippen molar-refractivity contribution in [2.75, 3.05) is 6.61 Å². The summed E-state index contributed by atoms with van der Waals surface area (Å²) in [7, 11) is 0. The van der Waals surface area contributed by atoms with E-state index in [-0.39, 0.29) is 12.2 Å². The van der Waals surface area contributed by atoms with Gasteiger partial charge in [0.2, 0.25) is 0 Å². The SMILES string of the molecule is C[C@H](OCc1ccccc1)[C@@H](NC(=O)OC(C)(C)C)C(=O)OCC(=O)c1ccc(F)cc1. The van der Waals surface area contributed by atoms with Gasteiger partial charge < -0.3 is 19.5 Å². The van der Waals surface area contributed by atoms with Crippen LogP contribution >= 0.6 is 0 Å². The molecule has 32 heavy (non-hydrogen) atoms. The molecule has 1 N–H and O–H groups in total. The normalized spacial score (nSPS) is 13.0. The summed E-state index contributed by atoms with van der Waals surface area (Å²) in [5, 5.41) is 2.46. The molecule has 0 aliphatic rings. The molecule has 0 aliphatic heterocycles. The molecule has 0 bridgehead atoms. The van der Waals surface area contributed by atoms with Crippen LogP contribution in [-0.2, 0) is 25.6 Å². The van der Waals surface area contributed by atoms with E-state index in [1.807, 2.05) is 30.3 Å². The number of Topliss-reactive ketones (excluding diaryl/α,β-unsaturated/α-hetero) is 1. The Kier molecular flexibility index (Phi) is 8.90. The molecule has 0 aliphatic carbocycles. The third kappa shape index (κ3) is 8.47. The van der Waals surface area contributed by atoms with Gasteiger partial charge in [0.15, 0.2) is 18.4 Å². The van der Waals surface area contributed by atoms with E-state index in [1.54, 1.807) is 27.7 Å². The number of carbonyl (C=O) groups is 3. The van der Waals surface area contributed by atoms with E-state index in [4.69, 9.17) is 14.2 Å². The minimum absolute atomic E-state index is 0.198. The second kappa shape index (κ2) is 11.4. The van der Waals surface area contributed by atoms with E-state index in [1.165, 1.54) is 12.1 Å². The third-order valence-electron chi connectivity index (χ3n) is 4.26. The van der Waals surface area contributed by atoms with Gasteiger partial charge in [-0.1, -0.05) is 30.3 Å². The maximum absolute atomic E-state index is 13.0. The number of carbonyl (C=O) groups excluding carboxylic acids is 3. The number of nitrogens with one attached hydrogen (secondary N) is 1. The lowest BCUT2D eigenvalue weighted by molar-refractivity contribution is -0.149. The van der Waals surface area contributed by atoms with Gasteiger partial charge in [-0.2, -0.15) is 0 Å². The number of hydrogen-bond acceptors (Lipinski definition) is 6. The first-order valence-electron chi connectivity index (χ1n) is 10.2. The zero-order chi connectivity index (χ0) is 23.7.